The SMILES string of the molecule is CC1C2[C@H](CN)[C@H](S(=O)(=O)O)C(C1(C)C)C2(C)C. The van der Waals surface area contributed by atoms with Gasteiger partial charge in [0.05, 0.1) is 5.25 Å². The summed E-state index contributed by atoms with van der Waals surface area (Å²) in [4.78, 5) is 0. The van der Waals surface area contributed by atoms with Crippen molar-refractivity contribution in [1.29, 1.82) is 0 Å². The summed E-state index contributed by atoms with van der Waals surface area (Å²) in [6, 6.07) is 0. The van der Waals surface area contributed by atoms with Gasteiger partial charge in [0.15, 0.2) is 0 Å². The molecule has 18 heavy (non-hydrogen) atoms. The van der Waals surface area contributed by atoms with Crippen LogP contribution in [0.2, 0.25) is 0 Å². The lowest BCUT2D eigenvalue weighted by Crippen LogP contribution is -2.48. The molecule has 0 radical (unpaired) electrons. The quantitative estimate of drug-likeness (QED) is 0.753. The highest BCUT2D eigenvalue weighted by atomic mass is 32.2. The van der Waals surface area contributed by atoms with Crippen LogP contribution in [-0.2, 0) is 10.1 Å². The van der Waals surface area contributed by atoms with Crippen LogP contribution in [0.4, 0.5) is 0 Å². The van der Waals surface area contributed by atoms with Gasteiger partial charge in [0, 0.05) is 0 Å². The molecule has 3 unspecified atom stereocenters. The highest BCUT2D eigenvalue weighted by Crippen LogP contribution is 2.70. The number of fused-ring (bicyclic) bond motifs is 2. The average molecular weight is 275 g/mol. The van der Waals surface area contributed by atoms with Crippen molar-refractivity contribution >= 4 is 10.1 Å². The van der Waals surface area contributed by atoms with Crippen molar-refractivity contribution in [2.24, 2.45) is 40.2 Å². The number of nitrogens with two attached hydrogens (primary N) is 1. The van der Waals surface area contributed by atoms with Crippen molar-refractivity contribution in [1.82, 2.24) is 0 Å². The molecule has 0 aromatic heterocycles. The van der Waals surface area contributed by atoms with Gasteiger partial charge < -0.3 is 5.73 Å². The Bertz CT molecular complexity index is 455. The van der Waals surface area contributed by atoms with Gasteiger partial charge in [-0.3, -0.25) is 4.55 Å². The van der Waals surface area contributed by atoms with E-state index in [1.54, 1.807) is 0 Å². The largest absolute Gasteiger partial charge is 0.330 e. The minimum absolute atomic E-state index is 0.0338. The van der Waals surface area contributed by atoms with Crippen LogP contribution in [-0.4, -0.2) is 24.8 Å². The fourth-order valence-electron chi connectivity index (χ4n) is 5.45. The topological polar surface area (TPSA) is 80.4 Å². The fraction of sp³-hybridized carbons (Fsp3) is 1.00. The van der Waals surface area contributed by atoms with Crippen LogP contribution in [0.3, 0.4) is 0 Å². The summed E-state index contributed by atoms with van der Waals surface area (Å²) in [6.45, 7) is 11.0. The van der Waals surface area contributed by atoms with E-state index in [2.05, 4.69) is 34.6 Å². The molecule has 3 N–H and O–H groups in total. The summed E-state index contributed by atoms with van der Waals surface area (Å²) in [5, 5.41) is -0.700. The Hall–Kier alpha value is -0.130. The summed E-state index contributed by atoms with van der Waals surface area (Å²) < 4.78 is 33.2. The van der Waals surface area contributed by atoms with Crippen molar-refractivity contribution in [3.63, 3.8) is 0 Å². The minimum atomic E-state index is -4.04. The van der Waals surface area contributed by atoms with E-state index >= 15 is 0 Å². The van der Waals surface area contributed by atoms with Gasteiger partial charge in [-0.2, -0.15) is 8.42 Å². The highest BCUT2D eigenvalue weighted by molar-refractivity contribution is 7.86. The lowest BCUT2D eigenvalue weighted by atomic mass is 9.66. The van der Waals surface area contributed by atoms with Crippen LogP contribution in [0.5, 0.6) is 0 Å². The number of hydrogen-bond donors (Lipinski definition) is 2. The molecule has 4 nitrogen and oxygen atoms in total. The second-order valence-corrected chi connectivity index (χ2v) is 8.89. The summed E-state index contributed by atoms with van der Waals surface area (Å²) >= 11 is 0. The lowest BCUT2D eigenvalue weighted by molar-refractivity contribution is 0.0995. The zero-order valence-electron chi connectivity index (χ0n) is 11.8. The first kappa shape index (κ1) is 14.3. The highest BCUT2D eigenvalue weighted by Gasteiger charge is 2.71. The van der Waals surface area contributed by atoms with Crippen molar-refractivity contribution in [3.8, 4) is 0 Å². The van der Waals surface area contributed by atoms with Gasteiger partial charge >= 0.3 is 0 Å². The zero-order chi connectivity index (χ0) is 14.1. The molecule has 2 bridgehead atoms. The maximum absolute atomic E-state index is 11.8. The smallest absolute Gasteiger partial charge is 0.268 e. The number of hydrogen-bond acceptors (Lipinski definition) is 3. The second-order valence-electron chi connectivity index (χ2n) is 7.31. The molecule has 106 valence electrons. The van der Waals surface area contributed by atoms with Crippen LogP contribution in [0.15, 0.2) is 0 Å². The molecule has 0 amide bonds. The summed E-state index contributed by atoms with van der Waals surface area (Å²) in [6.07, 6.45) is 0. The predicted molar refractivity (Wildman–Crippen MR) is 71.6 cm³/mol. The molecule has 2 aliphatic carbocycles. The Morgan fingerprint density at radius 1 is 1.17 bits per heavy atom. The van der Waals surface area contributed by atoms with E-state index < -0.39 is 15.4 Å². The normalized spacial score (nSPS) is 45.4. The monoisotopic (exact) mass is 275 g/mol. The molecule has 2 saturated carbocycles. The fourth-order valence-corrected chi connectivity index (χ4v) is 7.22. The summed E-state index contributed by atoms with van der Waals surface area (Å²) in [5.41, 5.74) is 5.63. The molecule has 2 rings (SSSR count). The minimum Gasteiger partial charge on any atom is -0.330 e. The van der Waals surface area contributed by atoms with Crippen molar-refractivity contribution in [2.45, 2.75) is 39.9 Å². The third kappa shape index (κ3) is 1.53. The Morgan fingerprint density at radius 3 is 2.06 bits per heavy atom. The molecular weight excluding hydrogens is 250 g/mol. The molecule has 0 saturated heterocycles. The average Bonchev–Trinajstić information content (AvgIpc) is 2.49. The molecule has 5 heteroatoms. The van der Waals surface area contributed by atoms with Gasteiger partial charge in [0.25, 0.3) is 10.1 Å². The first-order valence-electron chi connectivity index (χ1n) is 6.63. The molecule has 2 aliphatic rings. The van der Waals surface area contributed by atoms with Gasteiger partial charge in [-0.25, -0.2) is 0 Å². The molecule has 5 atom stereocenters. The first-order chi connectivity index (χ1) is 7.97. The lowest BCUT2D eigenvalue weighted by Gasteiger charge is -2.43. The van der Waals surface area contributed by atoms with E-state index in [1.807, 2.05) is 0 Å². The first-order valence-corrected chi connectivity index (χ1v) is 8.14. The van der Waals surface area contributed by atoms with Crippen LogP contribution in [0.25, 0.3) is 0 Å². The van der Waals surface area contributed by atoms with Crippen LogP contribution < -0.4 is 5.73 Å². The van der Waals surface area contributed by atoms with Gasteiger partial charge in [-0.1, -0.05) is 34.6 Å². The molecule has 0 heterocycles. The van der Waals surface area contributed by atoms with Gasteiger partial charge in [-0.15, -0.1) is 0 Å². The summed E-state index contributed by atoms with van der Waals surface area (Å²) in [7, 11) is -4.04. The van der Waals surface area contributed by atoms with E-state index in [-0.39, 0.29) is 28.6 Å². The van der Waals surface area contributed by atoms with E-state index in [1.165, 1.54) is 0 Å². The van der Waals surface area contributed by atoms with E-state index in [4.69, 9.17) is 5.73 Å². The van der Waals surface area contributed by atoms with Crippen LogP contribution >= 0.6 is 0 Å². The second kappa shape index (κ2) is 3.70. The zero-order valence-corrected chi connectivity index (χ0v) is 12.7. The molecule has 0 aromatic carbocycles. The molecule has 0 aromatic rings. The molecule has 2 fully saturated rings. The van der Waals surface area contributed by atoms with E-state index in [0.717, 1.165) is 0 Å². The Kier molecular flexibility index (Phi) is 2.94. The van der Waals surface area contributed by atoms with Crippen molar-refractivity contribution in [3.05, 3.63) is 0 Å². The number of rotatable bonds is 2. The van der Waals surface area contributed by atoms with Crippen molar-refractivity contribution < 1.29 is 13.0 Å². The van der Waals surface area contributed by atoms with Gasteiger partial charge in [0.1, 0.15) is 0 Å². The maximum Gasteiger partial charge on any atom is 0.268 e. The van der Waals surface area contributed by atoms with Crippen LogP contribution in [0, 0.1) is 34.5 Å². The van der Waals surface area contributed by atoms with Gasteiger partial charge in [0.2, 0.25) is 0 Å². The third-order valence-corrected chi connectivity index (χ3v) is 7.31. The molecule has 0 aliphatic heterocycles. The Morgan fingerprint density at radius 2 is 1.67 bits per heavy atom. The van der Waals surface area contributed by atoms with E-state index in [9.17, 15) is 13.0 Å². The summed E-state index contributed by atoms with van der Waals surface area (Å²) in [5.74, 6) is 0.523. The van der Waals surface area contributed by atoms with E-state index in [0.29, 0.717) is 12.5 Å². The standard InChI is InChI=1S/C13H25NO3S/c1-7-9-8(6-14)10(18(15,16)17)11(12(7,2)3)13(9,4)5/h7-11H,6,14H2,1-5H3,(H,15,16,17)/t7?,8-,9?,10-,11?/m0/s1. The Labute approximate surface area is 110 Å². The maximum atomic E-state index is 11.8. The van der Waals surface area contributed by atoms with Crippen molar-refractivity contribution in [2.75, 3.05) is 6.54 Å². The molecule has 0 spiro atoms. The predicted octanol–water partition coefficient (Wildman–Crippen LogP) is 1.77. The van der Waals surface area contributed by atoms with Gasteiger partial charge in [-0.05, 0) is 41.0 Å². The molecular formula is C13H25NO3S. The third-order valence-electron chi connectivity index (χ3n) is 6.00. The Balaban J connectivity index is 2.60. The van der Waals surface area contributed by atoms with Crippen LogP contribution in [0.1, 0.15) is 34.6 Å².